The Morgan fingerprint density at radius 3 is 2.32 bits per heavy atom. The van der Waals surface area contributed by atoms with E-state index in [1.807, 2.05) is 48.5 Å². The molecular formula is C35H42NO5+. The molecule has 4 fully saturated rings. The summed E-state index contributed by atoms with van der Waals surface area (Å²) in [6.07, 6.45) is 7.97. The molecule has 1 aliphatic heterocycles. The van der Waals surface area contributed by atoms with Gasteiger partial charge in [0, 0.05) is 10.8 Å². The average Bonchev–Trinajstić information content (AvgIpc) is 3.50. The summed E-state index contributed by atoms with van der Waals surface area (Å²) in [5, 5.41) is 11.9. The lowest BCUT2D eigenvalue weighted by atomic mass is 9.40. The zero-order chi connectivity index (χ0) is 28.4. The van der Waals surface area contributed by atoms with Gasteiger partial charge in [0.05, 0.1) is 22.6 Å². The van der Waals surface area contributed by atoms with Gasteiger partial charge in [0.2, 0.25) is 0 Å². The summed E-state index contributed by atoms with van der Waals surface area (Å²) in [5.41, 5.74) is 0.762. The number of aliphatic hydroxyl groups is 1. The minimum atomic E-state index is -0.473. The van der Waals surface area contributed by atoms with Crippen molar-refractivity contribution in [3.05, 3.63) is 71.8 Å². The number of aliphatic hydroxyl groups excluding tert-OH is 1. The minimum absolute atomic E-state index is 0.0415. The molecule has 9 atom stereocenters. The van der Waals surface area contributed by atoms with E-state index >= 15 is 0 Å². The molecule has 1 spiro atoms. The van der Waals surface area contributed by atoms with Crippen molar-refractivity contribution in [2.75, 3.05) is 19.7 Å². The van der Waals surface area contributed by atoms with Crippen molar-refractivity contribution in [1.82, 2.24) is 0 Å². The molecule has 2 aromatic rings. The SMILES string of the molecule is C[C@@H]1[C@@H]2C[C@H]3[C@]45C=[N+](CCOC(=O)c6ccccc6)C[C@](C)(CCC4)[C@@H]5C[C@H](OC(=O)c4ccccc4)[C@]3(C2)[C@@H]1O. The lowest BCUT2D eigenvalue weighted by Gasteiger charge is -2.64. The molecule has 0 aromatic heterocycles. The molecule has 41 heavy (non-hydrogen) atoms. The van der Waals surface area contributed by atoms with Crippen LogP contribution in [0.2, 0.25) is 0 Å². The highest BCUT2D eigenvalue weighted by Crippen LogP contribution is 2.75. The van der Waals surface area contributed by atoms with Gasteiger partial charge in [0.1, 0.15) is 25.5 Å². The number of carbonyl (C=O) groups is 2. The number of esters is 2. The maximum absolute atomic E-state index is 13.4. The second kappa shape index (κ2) is 9.79. The molecule has 6 heteroatoms. The standard InChI is InChI=1S/C35H42NO5/c1-23-26-18-28-34-15-9-14-33(2,21-36(22-34)16-17-40-31(38)24-10-5-3-6-11-24)27(34)19-29(35(28,20-26)30(23)37)41-32(39)25-12-7-4-8-13-25/h3-8,10-13,22-23,26-30,37H,9,14-21H2,1-2H3/q+1/t23-,26-,27+,28+,29+,30-,33+,34+,35-/m1/s1. The average molecular weight is 557 g/mol. The Balaban J connectivity index is 1.20. The Morgan fingerprint density at radius 2 is 1.63 bits per heavy atom. The van der Waals surface area contributed by atoms with E-state index in [4.69, 9.17) is 9.47 Å². The molecule has 5 aliphatic rings. The highest BCUT2D eigenvalue weighted by Gasteiger charge is 2.76. The summed E-state index contributed by atoms with van der Waals surface area (Å²) in [7, 11) is 0. The Labute approximate surface area is 242 Å². The van der Waals surface area contributed by atoms with Crippen LogP contribution in [0.15, 0.2) is 60.7 Å². The smallest absolute Gasteiger partial charge is 0.338 e. The van der Waals surface area contributed by atoms with E-state index in [2.05, 4.69) is 24.6 Å². The van der Waals surface area contributed by atoms with E-state index in [-0.39, 0.29) is 40.7 Å². The molecule has 6 nitrogen and oxygen atoms in total. The van der Waals surface area contributed by atoms with Gasteiger partial charge in [-0.2, -0.15) is 0 Å². The number of benzene rings is 2. The van der Waals surface area contributed by atoms with Crippen LogP contribution < -0.4 is 0 Å². The van der Waals surface area contributed by atoms with Crippen molar-refractivity contribution < 1.29 is 28.7 Å². The van der Waals surface area contributed by atoms with Crippen LogP contribution in [0.5, 0.6) is 0 Å². The molecule has 216 valence electrons. The number of hydrogen-bond donors (Lipinski definition) is 1. The fraction of sp³-hybridized carbons (Fsp3) is 0.571. The zero-order valence-electron chi connectivity index (χ0n) is 24.2. The minimum Gasteiger partial charge on any atom is -0.458 e. The zero-order valence-corrected chi connectivity index (χ0v) is 24.2. The van der Waals surface area contributed by atoms with Crippen LogP contribution in [0.3, 0.4) is 0 Å². The van der Waals surface area contributed by atoms with E-state index in [1.165, 1.54) is 6.42 Å². The van der Waals surface area contributed by atoms with Gasteiger partial charge in [-0.15, -0.1) is 0 Å². The first-order valence-corrected chi connectivity index (χ1v) is 15.5. The molecule has 4 bridgehead atoms. The van der Waals surface area contributed by atoms with Crippen LogP contribution in [0.4, 0.5) is 0 Å². The van der Waals surface area contributed by atoms with Crippen molar-refractivity contribution in [3.63, 3.8) is 0 Å². The largest absolute Gasteiger partial charge is 0.458 e. The van der Waals surface area contributed by atoms with Gasteiger partial charge in [0.25, 0.3) is 0 Å². The molecule has 1 N–H and O–H groups in total. The molecule has 0 unspecified atom stereocenters. The van der Waals surface area contributed by atoms with Gasteiger partial charge >= 0.3 is 11.9 Å². The van der Waals surface area contributed by atoms with Gasteiger partial charge in [-0.1, -0.05) is 56.7 Å². The first-order chi connectivity index (χ1) is 19.8. The third kappa shape index (κ3) is 4.04. The predicted octanol–water partition coefficient (Wildman–Crippen LogP) is 5.39. The third-order valence-electron chi connectivity index (χ3n) is 12.0. The number of ether oxygens (including phenoxy) is 2. The van der Waals surface area contributed by atoms with E-state index in [0.717, 1.165) is 38.6 Å². The molecule has 2 aromatic carbocycles. The van der Waals surface area contributed by atoms with Gasteiger partial charge in [0.15, 0.2) is 6.54 Å². The fourth-order valence-corrected chi connectivity index (χ4v) is 10.4. The quantitative estimate of drug-likeness (QED) is 0.382. The van der Waals surface area contributed by atoms with E-state index < -0.39 is 11.5 Å². The highest BCUT2D eigenvalue weighted by molar-refractivity contribution is 5.90. The molecule has 7 rings (SSSR count). The Hall–Kier alpha value is -2.99. The lowest BCUT2D eigenvalue weighted by molar-refractivity contribution is -0.559. The van der Waals surface area contributed by atoms with Gasteiger partial charge in [-0.3, -0.25) is 0 Å². The summed E-state index contributed by atoms with van der Waals surface area (Å²) in [4.78, 5) is 26.0. The Bertz CT molecular complexity index is 1360. The molecule has 0 saturated heterocycles. The molecule has 0 radical (unpaired) electrons. The number of fused-ring (bicyclic) bond motifs is 1. The number of nitrogens with zero attached hydrogens (tertiary/aromatic N) is 1. The number of hydrogen-bond acceptors (Lipinski definition) is 5. The Kier molecular flexibility index (Phi) is 6.42. The fourth-order valence-electron chi connectivity index (χ4n) is 10.4. The summed E-state index contributed by atoms with van der Waals surface area (Å²) < 4.78 is 14.6. The molecule has 4 aliphatic carbocycles. The predicted molar refractivity (Wildman–Crippen MR) is 155 cm³/mol. The monoisotopic (exact) mass is 556 g/mol. The summed E-state index contributed by atoms with van der Waals surface area (Å²) in [6, 6.07) is 18.5. The topological polar surface area (TPSA) is 75.8 Å². The first-order valence-electron chi connectivity index (χ1n) is 15.5. The van der Waals surface area contributed by atoms with Crippen LogP contribution in [0, 0.1) is 39.9 Å². The van der Waals surface area contributed by atoms with Crippen LogP contribution >= 0.6 is 0 Å². The van der Waals surface area contributed by atoms with Gasteiger partial charge < -0.3 is 14.6 Å². The normalized spacial score (nSPS) is 40.2. The van der Waals surface area contributed by atoms with Crippen molar-refractivity contribution >= 4 is 18.2 Å². The van der Waals surface area contributed by atoms with Crippen LogP contribution in [-0.2, 0) is 9.47 Å². The second-order valence-corrected chi connectivity index (χ2v) is 13.9. The van der Waals surface area contributed by atoms with Crippen molar-refractivity contribution in [2.45, 2.75) is 64.6 Å². The molecular weight excluding hydrogens is 514 g/mol. The van der Waals surface area contributed by atoms with Crippen LogP contribution in [-0.4, -0.2) is 59.7 Å². The first kappa shape index (κ1) is 26.9. The molecule has 1 heterocycles. The summed E-state index contributed by atoms with van der Waals surface area (Å²) >= 11 is 0. The molecule has 0 amide bonds. The lowest BCUT2D eigenvalue weighted by Crippen LogP contribution is -2.69. The summed E-state index contributed by atoms with van der Waals surface area (Å²) in [6.45, 7) is 6.52. The van der Waals surface area contributed by atoms with Crippen molar-refractivity contribution in [2.24, 2.45) is 39.9 Å². The third-order valence-corrected chi connectivity index (χ3v) is 12.0. The van der Waals surface area contributed by atoms with Crippen molar-refractivity contribution in [1.29, 1.82) is 0 Å². The maximum atomic E-state index is 13.4. The Morgan fingerprint density at radius 1 is 0.951 bits per heavy atom. The highest BCUT2D eigenvalue weighted by atomic mass is 16.5. The summed E-state index contributed by atoms with van der Waals surface area (Å²) in [5.74, 6) is 0.765. The molecule has 4 saturated carbocycles. The number of rotatable bonds is 6. The van der Waals surface area contributed by atoms with Crippen LogP contribution in [0.1, 0.15) is 73.1 Å². The van der Waals surface area contributed by atoms with E-state index in [1.54, 1.807) is 12.1 Å². The van der Waals surface area contributed by atoms with Crippen molar-refractivity contribution in [3.8, 4) is 0 Å². The van der Waals surface area contributed by atoms with Gasteiger partial charge in [-0.25, -0.2) is 14.2 Å². The van der Waals surface area contributed by atoms with E-state index in [9.17, 15) is 14.7 Å². The second-order valence-electron chi connectivity index (χ2n) is 13.9. The van der Waals surface area contributed by atoms with E-state index in [0.29, 0.717) is 36.1 Å². The maximum Gasteiger partial charge on any atom is 0.338 e. The van der Waals surface area contributed by atoms with Gasteiger partial charge in [-0.05, 0) is 80.0 Å². The number of carbonyl (C=O) groups excluding carboxylic acids is 2. The van der Waals surface area contributed by atoms with Crippen LogP contribution in [0.25, 0.3) is 0 Å².